The average molecular weight is 243 g/mol. The molecule has 17 heavy (non-hydrogen) atoms. The third-order valence-corrected chi connectivity index (χ3v) is 3.07. The highest BCUT2D eigenvalue weighted by molar-refractivity contribution is 5.77. The summed E-state index contributed by atoms with van der Waals surface area (Å²) in [5.74, 6) is -1.47. The molecule has 5 heteroatoms. The van der Waals surface area contributed by atoms with Crippen molar-refractivity contribution < 1.29 is 19.4 Å². The molecule has 0 aliphatic carbocycles. The van der Waals surface area contributed by atoms with Gasteiger partial charge in [-0.15, -0.1) is 0 Å². The number of carboxylic acids is 1. The van der Waals surface area contributed by atoms with Crippen LogP contribution in [0, 0.1) is 5.92 Å². The molecule has 2 N–H and O–H groups in total. The first-order valence-corrected chi connectivity index (χ1v) is 6.24. The Bertz CT molecular complexity index is 261. The Morgan fingerprint density at radius 2 is 2.24 bits per heavy atom. The molecule has 0 aromatic heterocycles. The van der Waals surface area contributed by atoms with E-state index in [2.05, 4.69) is 5.32 Å². The predicted molar refractivity (Wildman–Crippen MR) is 62.6 cm³/mol. The summed E-state index contributed by atoms with van der Waals surface area (Å²) in [4.78, 5) is 22.3. The maximum Gasteiger partial charge on any atom is 0.308 e. The fraction of sp³-hybridized carbons (Fsp3) is 0.833. The molecular weight excluding hydrogens is 222 g/mol. The molecule has 1 aliphatic rings. The van der Waals surface area contributed by atoms with Gasteiger partial charge in [-0.3, -0.25) is 9.59 Å². The van der Waals surface area contributed by atoms with Gasteiger partial charge in [0.2, 0.25) is 5.91 Å². The molecule has 1 rings (SSSR count). The maximum atomic E-state index is 11.6. The molecule has 0 aromatic rings. The van der Waals surface area contributed by atoms with Crippen molar-refractivity contribution in [3.63, 3.8) is 0 Å². The second-order valence-electron chi connectivity index (χ2n) is 4.44. The second kappa shape index (κ2) is 7.27. The highest BCUT2D eigenvalue weighted by Gasteiger charge is 2.19. The molecule has 1 fully saturated rings. The van der Waals surface area contributed by atoms with Crippen molar-refractivity contribution in [3.05, 3.63) is 0 Å². The average Bonchev–Trinajstić information content (AvgIpc) is 2.30. The third kappa shape index (κ3) is 5.17. The van der Waals surface area contributed by atoms with Crippen LogP contribution in [0.5, 0.6) is 0 Å². The first-order chi connectivity index (χ1) is 8.13. The number of carbonyl (C=O) groups is 2. The van der Waals surface area contributed by atoms with Crippen molar-refractivity contribution in [1.82, 2.24) is 5.32 Å². The number of aliphatic carboxylic acids is 1. The quantitative estimate of drug-likeness (QED) is 0.734. The summed E-state index contributed by atoms with van der Waals surface area (Å²) in [6, 6.07) is 0. The minimum atomic E-state index is -0.860. The Balaban J connectivity index is 2.21. The van der Waals surface area contributed by atoms with E-state index < -0.39 is 11.9 Å². The SMILES string of the molecule is CCC(CNC(=O)CC1CCCCO1)C(=O)O. The highest BCUT2D eigenvalue weighted by Crippen LogP contribution is 2.15. The van der Waals surface area contributed by atoms with Crippen LogP contribution in [0.3, 0.4) is 0 Å². The molecule has 1 heterocycles. The summed E-state index contributed by atoms with van der Waals surface area (Å²) in [5.41, 5.74) is 0. The van der Waals surface area contributed by atoms with E-state index in [1.165, 1.54) is 0 Å². The van der Waals surface area contributed by atoms with Crippen molar-refractivity contribution in [3.8, 4) is 0 Å². The lowest BCUT2D eigenvalue weighted by atomic mass is 10.1. The normalized spacial score (nSPS) is 21.8. The Morgan fingerprint density at radius 1 is 1.47 bits per heavy atom. The lowest BCUT2D eigenvalue weighted by Crippen LogP contribution is -2.35. The molecule has 2 atom stereocenters. The van der Waals surface area contributed by atoms with Gasteiger partial charge in [0.25, 0.3) is 0 Å². The van der Waals surface area contributed by atoms with Gasteiger partial charge in [0.1, 0.15) is 0 Å². The van der Waals surface area contributed by atoms with E-state index in [0.717, 1.165) is 25.9 Å². The number of nitrogens with one attached hydrogen (secondary N) is 1. The summed E-state index contributed by atoms with van der Waals surface area (Å²) in [5, 5.41) is 11.5. The lowest BCUT2D eigenvalue weighted by molar-refractivity contribution is -0.141. The maximum absolute atomic E-state index is 11.6. The summed E-state index contributed by atoms with van der Waals surface area (Å²) in [6.07, 6.45) is 3.96. The summed E-state index contributed by atoms with van der Waals surface area (Å²) < 4.78 is 5.45. The largest absolute Gasteiger partial charge is 0.481 e. The molecule has 0 spiro atoms. The number of carbonyl (C=O) groups excluding carboxylic acids is 1. The van der Waals surface area contributed by atoms with Crippen molar-refractivity contribution in [2.45, 2.75) is 45.1 Å². The van der Waals surface area contributed by atoms with Crippen molar-refractivity contribution in [2.75, 3.05) is 13.2 Å². The molecule has 2 unspecified atom stereocenters. The van der Waals surface area contributed by atoms with Gasteiger partial charge in [-0.05, 0) is 25.7 Å². The van der Waals surface area contributed by atoms with Crippen molar-refractivity contribution >= 4 is 11.9 Å². The molecular formula is C12H21NO4. The topological polar surface area (TPSA) is 75.6 Å². The van der Waals surface area contributed by atoms with Gasteiger partial charge in [-0.1, -0.05) is 6.92 Å². The molecule has 1 saturated heterocycles. The third-order valence-electron chi connectivity index (χ3n) is 3.07. The van der Waals surface area contributed by atoms with Crippen LogP contribution >= 0.6 is 0 Å². The molecule has 0 aromatic carbocycles. The summed E-state index contributed by atoms with van der Waals surface area (Å²) in [7, 11) is 0. The van der Waals surface area contributed by atoms with Crippen LogP contribution in [0.2, 0.25) is 0 Å². The van der Waals surface area contributed by atoms with E-state index >= 15 is 0 Å². The van der Waals surface area contributed by atoms with Crippen LogP contribution in [-0.2, 0) is 14.3 Å². The predicted octanol–water partition coefficient (Wildman–Crippen LogP) is 1.17. The van der Waals surface area contributed by atoms with Crippen LogP contribution in [0.1, 0.15) is 39.0 Å². The van der Waals surface area contributed by atoms with Gasteiger partial charge in [-0.2, -0.15) is 0 Å². The van der Waals surface area contributed by atoms with Crippen molar-refractivity contribution in [1.29, 1.82) is 0 Å². The Labute approximate surface area is 102 Å². The number of hydrogen-bond donors (Lipinski definition) is 2. The minimum absolute atomic E-state index is 0.00801. The smallest absolute Gasteiger partial charge is 0.308 e. The van der Waals surface area contributed by atoms with E-state index in [1.807, 2.05) is 0 Å². The second-order valence-corrected chi connectivity index (χ2v) is 4.44. The zero-order valence-electron chi connectivity index (χ0n) is 10.3. The van der Waals surface area contributed by atoms with Crippen LogP contribution in [0.15, 0.2) is 0 Å². The van der Waals surface area contributed by atoms with Gasteiger partial charge in [-0.25, -0.2) is 0 Å². The van der Waals surface area contributed by atoms with Crippen LogP contribution < -0.4 is 5.32 Å². The molecule has 98 valence electrons. The van der Waals surface area contributed by atoms with Crippen LogP contribution in [-0.4, -0.2) is 36.2 Å². The van der Waals surface area contributed by atoms with E-state index in [-0.39, 0.29) is 18.6 Å². The number of ether oxygens (including phenoxy) is 1. The van der Waals surface area contributed by atoms with E-state index in [0.29, 0.717) is 12.8 Å². The standard InChI is InChI=1S/C12H21NO4/c1-2-9(12(15)16)8-13-11(14)7-10-5-3-4-6-17-10/h9-10H,2-8H2,1H3,(H,13,14)(H,15,16). The Hall–Kier alpha value is -1.10. The van der Waals surface area contributed by atoms with Gasteiger partial charge in [0.05, 0.1) is 18.4 Å². The lowest BCUT2D eigenvalue weighted by Gasteiger charge is -2.22. The monoisotopic (exact) mass is 243 g/mol. The molecule has 0 bridgehead atoms. The number of carboxylic acid groups (broad SMARTS) is 1. The fourth-order valence-corrected chi connectivity index (χ4v) is 1.89. The number of amides is 1. The molecule has 5 nitrogen and oxygen atoms in total. The van der Waals surface area contributed by atoms with Gasteiger partial charge in [0.15, 0.2) is 0 Å². The van der Waals surface area contributed by atoms with Gasteiger partial charge >= 0.3 is 5.97 Å². The van der Waals surface area contributed by atoms with Crippen LogP contribution in [0.25, 0.3) is 0 Å². The molecule has 1 amide bonds. The van der Waals surface area contributed by atoms with Crippen molar-refractivity contribution in [2.24, 2.45) is 5.92 Å². The molecule has 0 saturated carbocycles. The fourth-order valence-electron chi connectivity index (χ4n) is 1.89. The highest BCUT2D eigenvalue weighted by atomic mass is 16.5. The van der Waals surface area contributed by atoms with Gasteiger partial charge in [0, 0.05) is 13.2 Å². The molecule has 1 aliphatic heterocycles. The zero-order valence-corrected chi connectivity index (χ0v) is 10.3. The Kier molecular flexibility index (Phi) is 5.97. The Morgan fingerprint density at radius 3 is 2.76 bits per heavy atom. The number of hydrogen-bond acceptors (Lipinski definition) is 3. The van der Waals surface area contributed by atoms with Crippen LogP contribution in [0.4, 0.5) is 0 Å². The minimum Gasteiger partial charge on any atom is -0.481 e. The summed E-state index contributed by atoms with van der Waals surface area (Å²) >= 11 is 0. The van der Waals surface area contributed by atoms with E-state index in [1.54, 1.807) is 6.92 Å². The molecule has 0 radical (unpaired) electrons. The first kappa shape index (κ1) is 14.0. The summed E-state index contributed by atoms with van der Waals surface area (Å²) in [6.45, 7) is 2.73. The van der Waals surface area contributed by atoms with E-state index in [4.69, 9.17) is 9.84 Å². The number of rotatable bonds is 6. The van der Waals surface area contributed by atoms with Gasteiger partial charge < -0.3 is 15.2 Å². The van der Waals surface area contributed by atoms with E-state index in [9.17, 15) is 9.59 Å². The zero-order chi connectivity index (χ0) is 12.7. The first-order valence-electron chi connectivity index (χ1n) is 6.24.